The van der Waals surface area contributed by atoms with Crippen LogP contribution in [0.3, 0.4) is 0 Å². The van der Waals surface area contributed by atoms with Crippen molar-refractivity contribution >= 4 is 12.0 Å². The van der Waals surface area contributed by atoms with E-state index in [2.05, 4.69) is 11.4 Å². The first-order valence-corrected chi connectivity index (χ1v) is 7.99. The Bertz CT molecular complexity index is 664. The predicted molar refractivity (Wildman–Crippen MR) is 83.8 cm³/mol. The van der Waals surface area contributed by atoms with Crippen molar-refractivity contribution in [3.63, 3.8) is 0 Å². The van der Waals surface area contributed by atoms with Gasteiger partial charge in [-0.25, -0.2) is 4.79 Å². The molecule has 2 saturated heterocycles. The lowest BCUT2D eigenvalue weighted by molar-refractivity contribution is -0.125. The molecule has 2 aliphatic rings. The third-order valence-corrected chi connectivity index (χ3v) is 4.28. The molecule has 0 aromatic heterocycles. The molecule has 2 heterocycles. The van der Waals surface area contributed by atoms with Gasteiger partial charge in [0.05, 0.1) is 24.3 Å². The number of hydrogen-bond acceptors (Lipinski definition) is 5. The van der Waals surface area contributed by atoms with Gasteiger partial charge in [0.15, 0.2) is 0 Å². The molecule has 2 fully saturated rings. The molecule has 0 radical (unpaired) electrons. The summed E-state index contributed by atoms with van der Waals surface area (Å²) in [5.41, 5.74) is 1.17. The first-order valence-electron chi connectivity index (χ1n) is 7.99. The summed E-state index contributed by atoms with van der Waals surface area (Å²) < 4.78 is 10.5. The largest absolute Gasteiger partial charge is 0.447 e. The number of carbonyl (C=O) groups is 2. The first-order chi connectivity index (χ1) is 11.7. The van der Waals surface area contributed by atoms with Gasteiger partial charge in [0.1, 0.15) is 12.6 Å². The van der Waals surface area contributed by atoms with Crippen LogP contribution in [0.1, 0.15) is 24.0 Å². The molecule has 2 amide bonds. The Balaban J connectivity index is 1.65. The lowest BCUT2D eigenvalue weighted by Gasteiger charge is -2.22. The number of rotatable bonds is 5. The number of nitriles is 1. The summed E-state index contributed by atoms with van der Waals surface area (Å²) in [7, 11) is 0. The molecule has 0 aliphatic carbocycles. The van der Waals surface area contributed by atoms with Crippen LogP contribution in [-0.4, -0.2) is 48.8 Å². The predicted octanol–water partition coefficient (Wildman–Crippen LogP) is 1.17. The maximum Gasteiger partial charge on any atom is 0.410 e. The molecule has 0 saturated carbocycles. The normalized spacial score (nSPS) is 23.0. The van der Waals surface area contributed by atoms with Crippen LogP contribution in [0.2, 0.25) is 0 Å². The molecular formula is C17H19N3O4. The molecule has 126 valence electrons. The number of ether oxygens (including phenoxy) is 2. The van der Waals surface area contributed by atoms with E-state index in [4.69, 9.17) is 14.7 Å². The van der Waals surface area contributed by atoms with Crippen LogP contribution < -0.4 is 5.32 Å². The van der Waals surface area contributed by atoms with E-state index < -0.39 is 12.1 Å². The van der Waals surface area contributed by atoms with E-state index in [1.165, 1.54) is 4.90 Å². The number of benzene rings is 1. The summed E-state index contributed by atoms with van der Waals surface area (Å²) in [5.74, 6) is -0.259. The molecular weight excluding hydrogens is 310 g/mol. The molecule has 3 rings (SSSR count). The molecule has 1 aromatic carbocycles. The SMILES string of the molecule is N#Cc1ccccc1CN1C(=O)OC[C@H]1C(=O)NCC1CCCO1. The maximum absolute atomic E-state index is 12.4. The number of cyclic esters (lactones) is 1. The van der Waals surface area contributed by atoms with Crippen LogP contribution in [-0.2, 0) is 20.8 Å². The van der Waals surface area contributed by atoms with Gasteiger partial charge in [-0.05, 0) is 24.5 Å². The standard InChI is InChI=1S/C17H19N3O4/c18-8-12-4-1-2-5-13(12)10-20-15(11-24-17(20)22)16(21)19-9-14-6-3-7-23-14/h1-2,4-5,14-15H,3,6-7,9-11H2,(H,19,21)/t14?,15-/m0/s1. The molecule has 2 atom stereocenters. The van der Waals surface area contributed by atoms with Crippen LogP contribution in [0.25, 0.3) is 0 Å². The molecule has 7 nitrogen and oxygen atoms in total. The van der Waals surface area contributed by atoms with Crippen molar-refractivity contribution in [1.82, 2.24) is 10.2 Å². The van der Waals surface area contributed by atoms with Gasteiger partial charge in [-0.3, -0.25) is 9.69 Å². The van der Waals surface area contributed by atoms with Gasteiger partial charge in [0, 0.05) is 13.2 Å². The van der Waals surface area contributed by atoms with Crippen LogP contribution >= 0.6 is 0 Å². The highest BCUT2D eigenvalue weighted by molar-refractivity contribution is 5.88. The molecule has 1 unspecified atom stereocenters. The van der Waals surface area contributed by atoms with Crippen LogP contribution in [0.5, 0.6) is 0 Å². The second kappa shape index (κ2) is 7.32. The lowest BCUT2D eigenvalue weighted by atomic mass is 10.1. The third kappa shape index (κ3) is 3.49. The maximum atomic E-state index is 12.4. The van der Waals surface area contributed by atoms with Gasteiger partial charge in [-0.1, -0.05) is 18.2 Å². The van der Waals surface area contributed by atoms with Crippen molar-refractivity contribution < 1.29 is 19.1 Å². The molecule has 0 bridgehead atoms. The van der Waals surface area contributed by atoms with Crippen molar-refractivity contribution in [2.75, 3.05) is 19.8 Å². The van der Waals surface area contributed by atoms with Crippen molar-refractivity contribution in [2.45, 2.75) is 31.5 Å². The fourth-order valence-corrected chi connectivity index (χ4v) is 2.93. The second-order valence-corrected chi connectivity index (χ2v) is 5.87. The van der Waals surface area contributed by atoms with Crippen LogP contribution in [0.15, 0.2) is 24.3 Å². The zero-order valence-corrected chi connectivity index (χ0v) is 13.2. The average Bonchev–Trinajstić information content (AvgIpc) is 3.24. The zero-order chi connectivity index (χ0) is 16.9. The Hall–Kier alpha value is -2.59. The molecule has 2 aliphatic heterocycles. The first kappa shape index (κ1) is 16.3. The number of amides is 2. The summed E-state index contributed by atoms with van der Waals surface area (Å²) in [6.45, 7) is 1.35. The monoisotopic (exact) mass is 329 g/mol. The minimum atomic E-state index is -0.689. The number of carbonyl (C=O) groups excluding carboxylic acids is 2. The van der Waals surface area contributed by atoms with E-state index in [0.29, 0.717) is 17.7 Å². The summed E-state index contributed by atoms with van der Waals surface area (Å²) in [6.07, 6.45) is 1.43. The van der Waals surface area contributed by atoms with Gasteiger partial charge in [-0.15, -0.1) is 0 Å². The highest BCUT2D eigenvalue weighted by Gasteiger charge is 2.38. The smallest absolute Gasteiger partial charge is 0.410 e. The quantitative estimate of drug-likeness (QED) is 0.875. The Morgan fingerprint density at radius 2 is 2.25 bits per heavy atom. The van der Waals surface area contributed by atoms with Crippen molar-refractivity contribution in [1.29, 1.82) is 5.26 Å². The minimum absolute atomic E-state index is 0.0188. The number of nitrogens with zero attached hydrogens (tertiary/aromatic N) is 2. The summed E-state index contributed by atoms with van der Waals surface area (Å²) in [6, 6.07) is 8.41. The molecule has 7 heteroatoms. The Labute approximate surface area is 140 Å². The third-order valence-electron chi connectivity index (χ3n) is 4.28. The average molecular weight is 329 g/mol. The fraction of sp³-hybridized carbons (Fsp3) is 0.471. The number of nitrogens with one attached hydrogen (secondary N) is 1. The zero-order valence-electron chi connectivity index (χ0n) is 13.2. The Kier molecular flexibility index (Phi) is 4.96. The van der Waals surface area contributed by atoms with Gasteiger partial charge in [0.2, 0.25) is 5.91 Å². The summed E-state index contributed by atoms with van der Waals surface area (Å²) in [5, 5.41) is 12.0. The van der Waals surface area contributed by atoms with Crippen LogP contribution in [0.4, 0.5) is 4.79 Å². The van der Waals surface area contributed by atoms with E-state index in [9.17, 15) is 9.59 Å². The Morgan fingerprint density at radius 3 is 3.00 bits per heavy atom. The lowest BCUT2D eigenvalue weighted by Crippen LogP contribution is -2.47. The van der Waals surface area contributed by atoms with Crippen molar-refractivity contribution in [3.05, 3.63) is 35.4 Å². The summed E-state index contributed by atoms with van der Waals surface area (Å²) in [4.78, 5) is 25.7. The van der Waals surface area contributed by atoms with Crippen molar-refractivity contribution in [2.24, 2.45) is 0 Å². The van der Waals surface area contributed by atoms with Crippen LogP contribution in [0, 0.1) is 11.3 Å². The van der Waals surface area contributed by atoms with E-state index >= 15 is 0 Å². The minimum Gasteiger partial charge on any atom is -0.447 e. The highest BCUT2D eigenvalue weighted by Crippen LogP contribution is 2.19. The highest BCUT2D eigenvalue weighted by atomic mass is 16.6. The van der Waals surface area contributed by atoms with Gasteiger partial charge in [-0.2, -0.15) is 5.26 Å². The van der Waals surface area contributed by atoms with E-state index in [0.717, 1.165) is 19.4 Å². The van der Waals surface area contributed by atoms with Gasteiger partial charge < -0.3 is 14.8 Å². The van der Waals surface area contributed by atoms with Gasteiger partial charge in [0.25, 0.3) is 0 Å². The summed E-state index contributed by atoms with van der Waals surface area (Å²) >= 11 is 0. The van der Waals surface area contributed by atoms with E-state index in [1.54, 1.807) is 24.3 Å². The van der Waals surface area contributed by atoms with E-state index in [-0.39, 0.29) is 25.2 Å². The number of hydrogen-bond donors (Lipinski definition) is 1. The van der Waals surface area contributed by atoms with Crippen molar-refractivity contribution in [3.8, 4) is 6.07 Å². The molecule has 1 N–H and O–H groups in total. The molecule has 1 aromatic rings. The molecule has 24 heavy (non-hydrogen) atoms. The molecule has 0 spiro atoms. The Morgan fingerprint density at radius 1 is 1.42 bits per heavy atom. The van der Waals surface area contributed by atoms with E-state index in [1.807, 2.05) is 0 Å². The topological polar surface area (TPSA) is 91.7 Å². The van der Waals surface area contributed by atoms with Gasteiger partial charge >= 0.3 is 6.09 Å². The fourth-order valence-electron chi connectivity index (χ4n) is 2.93. The second-order valence-electron chi connectivity index (χ2n) is 5.87.